The normalized spacial score (nSPS) is 15.4. The first-order valence-electron chi connectivity index (χ1n) is 8.64. The van der Waals surface area contributed by atoms with Crippen LogP contribution in [0.3, 0.4) is 0 Å². The zero-order valence-electron chi connectivity index (χ0n) is 14.4. The Labute approximate surface area is 153 Å². The summed E-state index contributed by atoms with van der Waals surface area (Å²) >= 11 is 0. The number of hydrogen-bond donors (Lipinski definition) is 3. The minimum Gasteiger partial charge on any atom is -0.352 e. The minimum absolute atomic E-state index is 0.0109. The number of benzene rings is 2. The van der Waals surface area contributed by atoms with Crippen LogP contribution in [0, 0.1) is 0 Å². The van der Waals surface area contributed by atoms with E-state index in [4.69, 9.17) is 5.14 Å². The molecule has 7 heteroatoms. The van der Waals surface area contributed by atoms with Crippen molar-refractivity contribution in [3.8, 4) is 0 Å². The second kappa shape index (κ2) is 7.99. The van der Waals surface area contributed by atoms with Crippen molar-refractivity contribution in [2.45, 2.75) is 36.2 Å². The number of amides is 1. The average Bonchev–Trinajstić information content (AvgIpc) is 3.43. The van der Waals surface area contributed by atoms with Crippen LogP contribution in [0.25, 0.3) is 0 Å². The topological polar surface area (TPSA) is 101 Å². The first-order chi connectivity index (χ1) is 12.4. The zero-order valence-corrected chi connectivity index (χ0v) is 15.2. The van der Waals surface area contributed by atoms with Gasteiger partial charge in [-0.3, -0.25) is 4.79 Å². The fourth-order valence-corrected chi connectivity index (χ4v) is 3.24. The molecule has 3 rings (SSSR count). The van der Waals surface area contributed by atoms with E-state index in [9.17, 15) is 13.2 Å². The van der Waals surface area contributed by atoms with E-state index in [2.05, 4.69) is 10.6 Å². The standard InChI is InChI=1S/C19H23N3O3S/c20-26(24,25)17-10-6-14(7-11-17)12-13-21-18(15-4-2-1-3-5-15)19(23)22-16-8-9-16/h1-7,10-11,16,18,21H,8-9,12-13H2,(H,22,23)(H2,20,24,25)/t18-/m1/s1. The van der Waals surface area contributed by atoms with Crippen molar-refractivity contribution in [3.63, 3.8) is 0 Å². The van der Waals surface area contributed by atoms with Crippen LogP contribution >= 0.6 is 0 Å². The molecule has 0 heterocycles. The molecule has 0 aromatic heterocycles. The molecule has 26 heavy (non-hydrogen) atoms. The summed E-state index contributed by atoms with van der Waals surface area (Å²) in [6.45, 7) is 0.590. The lowest BCUT2D eigenvalue weighted by Crippen LogP contribution is -2.39. The molecule has 0 aliphatic heterocycles. The lowest BCUT2D eigenvalue weighted by atomic mass is 10.1. The molecule has 6 nitrogen and oxygen atoms in total. The Morgan fingerprint density at radius 3 is 2.31 bits per heavy atom. The van der Waals surface area contributed by atoms with Gasteiger partial charge in [0, 0.05) is 12.6 Å². The third-order valence-electron chi connectivity index (χ3n) is 4.33. The van der Waals surface area contributed by atoms with Crippen molar-refractivity contribution in [3.05, 3.63) is 65.7 Å². The van der Waals surface area contributed by atoms with Gasteiger partial charge in [-0.25, -0.2) is 13.6 Å². The van der Waals surface area contributed by atoms with Crippen molar-refractivity contribution in [2.75, 3.05) is 6.54 Å². The van der Waals surface area contributed by atoms with Gasteiger partial charge in [-0.1, -0.05) is 42.5 Å². The van der Waals surface area contributed by atoms with Crippen LogP contribution in [0.2, 0.25) is 0 Å². The lowest BCUT2D eigenvalue weighted by molar-refractivity contribution is -0.123. The van der Waals surface area contributed by atoms with Crippen LogP contribution in [-0.4, -0.2) is 26.9 Å². The van der Waals surface area contributed by atoms with Gasteiger partial charge in [-0.2, -0.15) is 0 Å². The maximum Gasteiger partial charge on any atom is 0.241 e. The molecule has 0 bridgehead atoms. The molecule has 0 spiro atoms. The molecule has 0 radical (unpaired) electrons. The van der Waals surface area contributed by atoms with Gasteiger partial charge in [-0.05, 0) is 42.5 Å². The highest BCUT2D eigenvalue weighted by atomic mass is 32.2. The minimum atomic E-state index is -3.68. The number of carbonyl (C=O) groups is 1. The Hall–Kier alpha value is -2.22. The van der Waals surface area contributed by atoms with Crippen molar-refractivity contribution >= 4 is 15.9 Å². The van der Waals surface area contributed by atoms with Crippen LogP contribution in [0.15, 0.2) is 59.5 Å². The summed E-state index contributed by atoms with van der Waals surface area (Å²) in [7, 11) is -3.68. The molecule has 4 N–H and O–H groups in total. The third kappa shape index (κ3) is 5.14. The monoisotopic (exact) mass is 373 g/mol. The quantitative estimate of drug-likeness (QED) is 0.652. The lowest BCUT2D eigenvalue weighted by Gasteiger charge is -2.19. The number of sulfonamides is 1. The molecule has 2 aromatic rings. The molecule has 1 aliphatic carbocycles. The van der Waals surface area contributed by atoms with E-state index in [1.165, 1.54) is 12.1 Å². The summed E-state index contributed by atoms with van der Waals surface area (Å²) in [5.74, 6) is -0.0109. The Bertz CT molecular complexity index is 847. The summed E-state index contributed by atoms with van der Waals surface area (Å²) in [6, 6.07) is 16.0. The summed E-state index contributed by atoms with van der Waals surface area (Å²) < 4.78 is 22.6. The number of carbonyl (C=O) groups excluding carboxylic acids is 1. The molecule has 1 amide bonds. The van der Waals surface area contributed by atoms with Gasteiger partial charge < -0.3 is 10.6 Å². The maximum absolute atomic E-state index is 12.5. The molecule has 2 aromatic carbocycles. The van der Waals surface area contributed by atoms with Crippen molar-refractivity contribution in [2.24, 2.45) is 5.14 Å². The van der Waals surface area contributed by atoms with Gasteiger partial charge in [0.1, 0.15) is 6.04 Å². The Balaban J connectivity index is 1.61. The van der Waals surface area contributed by atoms with E-state index in [1.54, 1.807) is 12.1 Å². The van der Waals surface area contributed by atoms with E-state index in [1.807, 2.05) is 30.3 Å². The van der Waals surface area contributed by atoms with Crippen LogP contribution in [-0.2, 0) is 21.2 Å². The first kappa shape index (κ1) is 18.6. The smallest absolute Gasteiger partial charge is 0.241 e. The predicted molar refractivity (Wildman–Crippen MR) is 99.9 cm³/mol. The van der Waals surface area contributed by atoms with E-state index in [0.717, 1.165) is 24.0 Å². The molecule has 138 valence electrons. The van der Waals surface area contributed by atoms with Crippen molar-refractivity contribution in [1.29, 1.82) is 0 Å². The predicted octanol–water partition coefficient (Wildman–Crippen LogP) is 1.49. The Kier molecular flexibility index (Phi) is 5.70. The van der Waals surface area contributed by atoms with Gasteiger partial charge in [-0.15, -0.1) is 0 Å². The maximum atomic E-state index is 12.5. The number of primary sulfonamides is 1. The highest BCUT2D eigenvalue weighted by molar-refractivity contribution is 7.89. The molecular weight excluding hydrogens is 350 g/mol. The van der Waals surface area contributed by atoms with Crippen LogP contribution in [0.1, 0.15) is 30.0 Å². The number of nitrogens with two attached hydrogens (primary N) is 1. The highest BCUT2D eigenvalue weighted by Crippen LogP contribution is 2.21. The molecule has 1 atom stereocenters. The second-order valence-electron chi connectivity index (χ2n) is 6.52. The number of hydrogen-bond acceptors (Lipinski definition) is 4. The van der Waals surface area contributed by atoms with Crippen molar-refractivity contribution in [1.82, 2.24) is 10.6 Å². The van der Waals surface area contributed by atoms with E-state index in [0.29, 0.717) is 19.0 Å². The molecular formula is C19H23N3O3S. The SMILES string of the molecule is NS(=O)(=O)c1ccc(CCN[C@@H](C(=O)NC2CC2)c2ccccc2)cc1. The summed E-state index contributed by atoms with van der Waals surface area (Å²) in [6.07, 6.45) is 2.76. The van der Waals surface area contributed by atoms with Crippen molar-refractivity contribution < 1.29 is 13.2 Å². The molecule has 1 aliphatic rings. The fourth-order valence-electron chi connectivity index (χ4n) is 2.73. The molecule has 0 saturated heterocycles. The number of rotatable bonds is 8. The van der Waals surface area contributed by atoms with Crippen LogP contribution in [0.4, 0.5) is 0 Å². The van der Waals surface area contributed by atoms with E-state index in [-0.39, 0.29) is 10.8 Å². The van der Waals surface area contributed by atoms with Gasteiger partial charge >= 0.3 is 0 Å². The zero-order chi connectivity index (χ0) is 18.6. The van der Waals surface area contributed by atoms with E-state index >= 15 is 0 Å². The van der Waals surface area contributed by atoms with Crippen LogP contribution < -0.4 is 15.8 Å². The summed E-state index contributed by atoms with van der Waals surface area (Å²) in [5, 5.41) is 11.5. The summed E-state index contributed by atoms with van der Waals surface area (Å²) in [5.41, 5.74) is 1.90. The Morgan fingerprint density at radius 1 is 1.08 bits per heavy atom. The van der Waals surface area contributed by atoms with Gasteiger partial charge in [0.05, 0.1) is 4.90 Å². The fraction of sp³-hybridized carbons (Fsp3) is 0.316. The third-order valence-corrected chi connectivity index (χ3v) is 5.26. The number of nitrogens with one attached hydrogen (secondary N) is 2. The van der Waals surface area contributed by atoms with Gasteiger partial charge in [0.2, 0.25) is 15.9 Å². The molecule has 0 unspecified atom stereocenters. The second-order valence-corrected chi connectivity index (χ2v) is 8.08. The Morgan fingerprint density at radius 2 is 1.73 bits per heavy atom. The molecule has 1 fully saturated rings. The van der Waals surface area contributed by atoms with Crippen LogP contribution in [0.5, 0.6) is 0 Å². The highest BCUT2D eigenvalue weighted by Gasteiger charge is 2.28. The largest absolute Gasteiger partial charge is 0.352 e. The first-order valence-corrected chi connectivity index (χ1v) is 10.2. The van der Waals surface area contributed by atoms with Gasteiger partial charge in [0.25, 0.3) is 0 Å². The average molecular weight is 373 g/mol. The van der Waals surface area contributed by atoms with E-state index < -0.39 is 16.1 Å². The van der Waals surface area contributed by atoms with Gasteiger partial charge in [0.15, 0.2) is 0 Å². The molecule has 1 saturated carbocycles. The summed E-state index contributed by atoms with van der Waals surface area (Å²) in [4.78, 5) is 12.6.